The summed E-state index contributed by atoms with van der Waals surface area (Å²) in [5.41, 5.74) is -0.653. The molecule has 4 rings (SSSR count). The molecule has 0 aromatic carbocycles. The Morgan fingerprint density at radius 1 is 1.18 bits per heavy atom. The normalized spacial score (nSPS) is 39.4. The highest BCUT2D eigenvalue weighted by Crippen LogP contribution is 2.62. The number of cyclic esters (lactones) is 1. The Hall–Kier alpha value is -2.16. The summed E-state index contributed by atoms with van der Waals surface area (Å²) in [6, 6.07) is 0. The molecule has 6 atom stereocenters. The van der Waals surface area contributed by atoms with Crippen LogP contribution in [0.5, 0.6) is 0 Å². The van der Waals surface area contributed by atoms with Crippen LogP contribution >= 0.6 is 0 Å². The van der Waals surface area contributed by atoms with Crippen LogP contribution < -0.4 is 0 Å². The standard InChI is InChI=1S/C25H35NO7/c1-6-26(7-2)11-13-19-22(30)21(29)18-14-8-9-16(28)24(14,3)10-15(27)20(18)25(19,4)17(12-32-5)33-23(13)31/h11,14-17,27-28,30H,6-10,12H2,1-5H3/t14-,15+,16-,17+,24-,25-/m0/s1. The van der Waals surface area contributed by atoms with Gasteiger partial charge >= 0.3 is 5.97 Å². The van der Waals surface area contributed by atoms with Crippen LogP contribution in [0.1, 0.15) is 47.0 Å². The molecule has 1 heterocycles. The van der Waals surface area contributed by atoms with Gasteiger partial charge in [0, 0.05) is 43.0 Å². The number of aliphatic hydroxyl groups excluding tert-OH is 3. The van der Waals surface area contributed by atoms with E-state index in [-0.39, 0.29) is 30.1 Å². The molecule has 1 saturated carbocycles. The molecule has 0 aromatic heterocycles. The van der Waals surface area contributed by atoms with E-state index in [9.17, 15) is 24.9 Å². The van der Waals surface area contributed by atoms with Crippen molar-refractivity contribution in [1.82, 2.24) is 4.90 Å². The number of hydrogen-bond donors (Lipinski definition) is 3. The predicted molar refractivity (Wildman–Crippen MR) is 120 cm³/mol. The molecule has 3 aliphatic carbocycles. The average Bonchev–Trinajstić information content (AvgIpc) is 3.06. The molecule has 2 fully saturated rings. The van der Waals surface area contributed by atoms with Crippen LogP contribution in [0.2, 0.25) is 0 Å². The van der Waals surface area contributed by atoms with Gasteiger partial charge in [-0.2, -0.15) is 0 Å². The van der Waals surface area contributed by atoms with Crippen LogP contribution in [0.3, 0.4) is 0 Å². The summed E-state index contributed by atoms with van der Waals surface area (Å²) in [5.74, 6) is -1.98. The van der Waals surface area contributed by atoms with Crippen molar-refractivity contribution in [2.45, 2.75) is 65.3 Å². The maximum atomic E-state index is 13.7. The third-order valence-electron chi connectivity index (χ3n) is 8.49. The van der Waals surface area contributed by atoms with Crippen molar-refractivity contribution in [2.24, 2.45) is 16.7 Å². The molecular formula is C25H35NO7. The number of methoxy groups -OCH3 is 1. The first kappa shape index (κ1) is 24.0. The average molecular weight is 462 g/mol. The molecule has 0 radical (unpaired) electrons. The minimum atomic E-state index is -1.15. The number of esters is 1. The van der Waals surface area contributed by atoms with E-state index in [1.54, 1.807) is 6.20 Å². The van der Waals surface area contributed by atoms with E-state index in [2.05, 4.69) is 0 Å². The van der Waals surface area contributed by atoms with Crippen LogP contribution in [0.25, 0.3) is 0 Å². The number of carbonyl (C=O) groups is 2. The fourth-order valence-corrected chi connectivity index (χ4v) is 6.60. The monoisotopic (exact) mass is 461 g/mol. The lowest BCUT2D eigenvalue weighted by Crippen LogP contribution is -2.56. The van der Waals surface area contributed by atoms with Crippen molar-refractivity contribution in [3.63, 3.8) is 0 Å². The molecule has 1 saturated heterocycles. The molecule has 182 valence electrons. The molecule has 33 heavy (non-hydrogen) atoms. The molecule has 8 heteroatoms. The number of aliphatic hydroxyl groups is 3. The van der Waals surface area contributed by atoms with Crippen molar-refractivity contribution in [3.8, 4) is 0 Å². The second kappa shape index (κ2) is 8.25. The van der Waals surface area contributed by atoms with Crippen molar-refractivity contribution in [1.29, 1.82) is 0 Å². The Bertz CT molecular complexity index is 962. The Balaban J connectivity index is 1.98. The van der Waals surface area contributed by atoms with Gasteiger partial charge in [-0.25, -0.2) is 4.79 Å². The third kappa shape index (κ3) is 3.21. The first-order chi connectivity index (χ1) is 15.6. The van der Waals surface area contributed by atoms with Crippen LogP contribution in [-0.4, -0.2) is 77.1 Å². The van der Waals surface area contributed by atoms with E-state index in [4.69, 9.17) is 9.47 Å². The second-order valence-corrected chi connectivity index (χ2v) is 10.1. The van der Waals surface area contributed by atoms with Crippen LogP contribution in [-0.2, 0) is 19.1 Å². The lowest BCUT2D eigenvalue weighted by atomic mass is 9.53. The molecule has 1 aliphatic heterocycles. The maximum absolute atomic E-state index is 13.7. The molecule has 0 unspecified atom stereocenters. The van der Waals surface area contributed by atoms with Crippen LogP contribution in [0.4, 0.5) is 0 Å². The molecule has 0 bridgehead atoms. The lowest BCUT2D eigenvalue weighted by molar-refractivity contribution is -0.157. The number of nitrogens with zero attached hydrogens (tertiary/aromatic N) is 1. The fourth-order valence-electron chi connectivity index (χ4n) is 6.60. The predicted octanol–water partition coefficient (Wildman–Crippen LogP) is 2.02. The number of ether oxygens (including phenoxy) is 2. The van der Waals surface area contributed by atoms with E-state index in [0.29, 0.717) is 37.1 Å². The van der Waals surface area contributed by atoms with E-state index in [1.807, 2.05) is 32.6 Å². The quantitative estimate of drug-likeness (QED) is 0.421. The van der Waals surface area contributed by atoms with Crippen LogP contribution in [0.15, 0.2) is 34.3 Å². The van der Waals surface area contributed by atoms with Gasteiger partial charge in [0.2, 0.25) is 5.78 Å². The topological polar surface area (TPSA) is 117 Å². The second-order valence-electron chi connectivity index (χ2n) is 10.1. The number of allylic oxidation sites excluding steroid dienone is 1. The van der Waals surface area contributed by atoms with Gasteiger partial charge in [-0.15, -0.1) is 0 Å². The first-order valence-electron chi connectivity index (χ1n) is 11.8. The maximum Gasteiger partial charge on any atom is 0.340 e. The SMILES string of the molecule is CCN(C=C1C(=O)O[C@H](COC)[C@@]2(C)C1=C(O)C(=O)C1=C2[C@H](O)C[C@]2(C)[C@@H](O)CC[C@@H]12)CC. The summed E-state index contributed by atoms with van der Waals surface area (Å²) in [4.78, 5) is 28.6. The largest absolute Gasteiger partial charge is 0.504 e. The van der Waals surface area contributed by atoms with Gasteiger partial charge in [0.05, 0.1) is 29.8 Å². The zero-order valence-electron chi connectivity index (χ0n) is 20.1. The van der Waals surface area contributed by atoms with E-state index < -0.39 is 46.7 Å². The summed E-state index contributed by atoms with van der Waals surface area (Å²) in [6.45, 7) is 8.89. The zero-order valence-corrected chi connectivity index (χ0v) is 20.1. The summed E-state index contributed by atoms with van der Waals surface area (Å²) >= 11 is 0. The number of ketones is 1. The molecule has 3 N–H and O–H groups in total. The minimum Gasteiger partial charge on any atom is -0.504 e. The van der Waals surface area contributed by atoms with Gasteiger partial charge in [-0.1, -0.05) is 6.92 Å². The Labute approximate surface area is 194 Å². The summed E-state index contributed by atoms with van der Waals surface area (Å²) in [5, 5.41) is 33.4. The van der Waals surface area contributed by atoms with E-state index in [1.165, 1.54) is 7.11 Å². The van der Waals surface area contributed by atoms with Crippen molar-refractivity contribution in [2.75, 3.05) is 26.8 Å². The molecule has 0 spiro atoms. The zero-order chi connectivity index (χ0) is 24.3. The Morgan fingerprint density at radius 2 is 1.85 bits per heavy atom. The lowest BCUT2D eigenvalue weighted by Gasteiger charge is -2.53. The van der Waals surface area contributed by atoms with Gasteiger partial charge in [0.1, 0.15) is 6.10 Å². The summed E-state index contributed by atoms with van der Waals surface area (Å²) in [7, 11) is 1.49. The number of hydrogen-bond acceptors (Lipinski definition) is 8. The van der Waals surface area contributed by atoms with Crippen molar-refractivity contribution < 1.29 is 34.4 Å². The Morgan fingerprint density at radius 3 is 2.45 bits per heavy atom. The van der Waals surface area contributed by atoms with Gasteiger partial charge in [-0.3, -0.25) is 4.79 Å². The molecule has 4 aliphatic rings. The van der Waals surface area contributed by atoms with Gasteiger partial charge < -0.3 is 29.7 Å². The van der Waals surface area contributed by atoms with Crippen molar-refractivity contribution in [3.05, 3.63) is 34.3 Å². The minimum absolute atomic E-state index is 0.0415. The molecular weight excluding hydrogens is 426 g/mol. The highest BCUT2D eigenvalue weighted by atomic mass is 16.6. The number of rotatable bonds is 5. The number of Topliss-reactive ketones (excluding diaryl/α,β-unsaturated/α-hetero) is 1. The van der Waals surface area contributed by atoms with Gasteiger partial charge in [0.15, 0.2) is 5.76 Å². The molecule has 0 aromatic rings. The van der Waals surface area contributed by atoms with Crippen LogP contribution in [0, 0.1) is 16.7 Å². The van der Waals surface area contributed by atoms with Gasteiger partial charge in [-0.05, 0) is 51.5 Å². The van der Waals surface area contributed by atoms with Gasteiger partial charge in [0.25, 0.3) is 0 Å². The Kier molecular flexibility index (Phi) is 6.00. The fraction of sp³-hybridized carbons (Fsp3) is 0.680. The highest BCUT2D eigenvalue weighted by Gasteiger charge is 2.63. The first-order valence-corrected chi connectivity index (χ1v) is 11.8. The molecule has 8 nitrogen and oxygen atoms in total. The molecule has 0 amide bonds. The summed E-state index contributed by atoms with van der Waals surface area (Å²) in [6.07, 6.45) is 0.530. The van der Waals surface area contributed by atoms with Crippen molar-refractivity contribution >= 4 is 11.8 Å². The third-order valence-corrected chi connectivity index (χ3v) is 8.49. The highest BCUT2D eigenvalue weighted by molar-refractivity contribution is 6.13. The summed E-state index contributed by atoms with van der Waals surface area (Å²) < 4.78 is 11.2. The number of carbonyl (C=O) groups excluding carboxylic acids is 2. The van der Waals surface area contributed by atoms with E-state index >= 15 is 0 Å². The smallest absolute Gasteiger partial charge is 0.340 e. The number of fused-ring (bicyclic) bond motifs is 4. The van der Waals surface area contributed by atoms with E-state index in [0.717, 1.165) is 0 Å².